The fraction of sp³-hybridized carbons (Fsp3) is 0.241. The molecule has 3 aromatic rings. The van der Waals surface area contributed by atoms with E-state index < -0.39 is 17.7 Å². The van der Waals surface area contributed by atoms with Gasteiger partial charge < -0.3 is 19.5 Å². The maximum atomic E-state index is 13.4. The van der Waals surface area contributed by atoms with Crippen LogP contribution in [0.15, 0.2) is 78.4 Å². The van der Waals surface area contributed by atoms with Gasteiger partial charge in [0, 0.05) is 31.0 Å². The van der Waals surface area contributed by atoms with Gasteiger partial charge in [-0.05, 0) is 67.9 Å². The molecule has 0 aromatic heterocycles. The summed E-state index contributed by atoms with van der Waals surface area (Å²) in [7, 11) is 3.86. The van der Waals surface area contributed by atoms with Crippen molar-refractivity contribution in [3.63, 3.8) is 0 Å². The summed E-state index contributed by atoms with van der Waals surface area (Å²) < 4.78 is 11.1. The Kier molecular flexibility index (Phi) is 7.29. The Hall–Kier alpha value is -4.26. The van der Waals surface area contributed by atoms with E-state index in [1.54, 1.807) is 48.5 Å². The molecule has 1 aliphatic heterocycles. The molecule has 0 bridgehead atoms. The van der Waals surface area contributed by atoms with Crippen LogP contribution in [0, 0.1) is 0 Å². The van der Waals surface area contributed by atoms with Crippen LogP contribution in [0.3, 0.4) is 0 Å². The SMILES string of the molecule is CCOc1ccc(C2/C(=C(\O)c3cccc(OCC)c3)C(=O)C(=O)N2c2ccc(N(C)C)cc2)cc1. The van der Waals surface area contributed by atoms with Crippen LogP contribution in [0.1, 0.15) is 31.0 Å². The highest BCUT2D eigenvalue weighted by atomic mass is 16.5. The number of rotatable bonds is 8. The molecule has 1 saturated heterocycles. The lowest BCUT2D eigenvalue weighted by atomic mass is 9.95. The minimum Gasteiger partial charge on any atom is -0.507 e. The average Bonchev–Trinajstić information content (AvgIpc) is 3.15. The average molecular weight is 487 g/mol. The van der Waals surface area contributed by atoms with Crippen molar-refractivity contribution in [3.8, 4) is 11.5 Å². The summed E-state index contributed by atoms with van der Waals surface area (Å²) in [6.45, 7) is 4.75. The first-order chi connectivity index (χ1) is 17.3. The Morgan fingerprint density at radius 3 is 2.14 bits per heavy atom. The van der Waals surface area contributed by atoms with Gasteiger partial charge in [-0.25, -0.2) is 0 Å². The molecule has 1 amide bonds. The number of ketones is 1. The summed E-state index contributed by atoms with van der Waals surface area (Å²) in [5, 5.41) is 11.3. The number of Topliss-reactive ketones (excluding diaryl/α,β-unsaturated/α-hetero) is 1. The number of anilines is 2. The molecule has 7 nitrogen and oxygen atoms in total. The summed E-state index contributed by atoms with van der Waals surface area (Å²) in [5.41, 5.74) is 2.62. The molecule has 0 radical (unpaired) electrons. The van der Waals surface area contributed by atoms with Gasteiger partial charge in [0.15, 0.2) is 0 Å². The van der Waals surface area contributed by atoms with Crippen molar-refractivity contribution in [1.82, 2.24) is 0 Å². The van der Waals surface area contributed by atoms with Crippen molar-refractivity contribution in [2.45, 2.75) is 19.9 Å². The summed E-state index contributed by atoms with van der Waals surface area (Å²) in [6.07, 6.45) is 0. The number of ether oxygens (including phenoxy) is 2. The number of hydrogen-bond acceptors (Lipinski definition) is 6. The zero-order valence-corrected chi connectivity index (χ0v) is 20.9. The first kappa shape index (κ1) is 24.9. The first-order valence-electron chi connectivity index (χ1n) is 11.9. The van der Waals surface area contributed by atoms with E-state index in [1.807, 2.05) is 57.1 Å². The van der Waals surface area contributed by atoms with Crippen LogP contribution in [0.25, 0.3) is 5.76 Å². The normalized spacial score (nSPS) is 16.8. The van der Waals surface area contributed by atoms with Gasteiger partial charge in [-0.1, -0.05) is 24.3 Å². The van der Waals surface area contributed by atoms with Gasteiger partial charge in [0.2, 0.25) is 0 Å². The van der Waals surface area contributed by atoms with E-state index in [4.69, 9.17) is 9.47 Å². The maximum absolute atomic E-state index is 13.4. The van der Waals surface area contributed by atoms with Crippen LogP contribution in [0.2, 0.25) is 0 Å². The number of aliphatic hydroxyl groups excluding tert-OH is 1. The molecular weight excluding hydrogens is 456 g/mol. The smallest absolute Gasteiger partial charge is 0.300 e. The summed E-state index contributed by atoms with van der Waals surface area (Å²) in [4.78, 5) is 30.1. The van der Waals surface area contributed by atoms with E-state index in [0.717, 1.165) is 5.69 Å². The minimum absolute atomic E-state index is 0.0227. The third-order valence-electron chi connectivity index (χ3n) is 6.01. The first-order valence-corrected chi connectivity index (χ1v) is 11.9. The lowest BCUT2D eigenvalue weighted by Crippen LogP contribution is -2.29. The maximum Gasteiger partial charge on any atom is 0.300 e. The zero-order valence-electron chi connectivity index (χ0n) is 20.9. The molecule has 186 valence electrons. The highest BCUT2D eigenvalue weighted by Gasteiger charge is 2.47. The Balaban J connectivity index is 1.87. The quantitative estimate of drug-likeness (QED) is 0.269. The summed E-state index contributed by atoms with van der Waals surface area (Å²) in [5.74, 6) is -0.453. The van der Waals surface area contributed by atoms with Crippen LogP contribution in [0.4, 0.5) is 11.4 Å². The monoisotopic (exact) mass is 486 g/mol. The molecule has 1 fully saturated rings. The molecule has 36 heavy (non-hydrogen) atoms. The van der Waals surface area contributed by atoms with E-state index in [9.17, 15) is 14.7 Å². The van der Waals surface area contributed by atoms with Crippen molar-refractivity contribution in [1.29, 1.82) is 0 Å². The topological polar surface area (TPSA) is 79.3 Å². The third kappa shape index (κ3) is 4.77. The zero-order chi connectivity index (χ0) is 25.8. The fourth-order valence-electron chi connectivity index (χ4n) is 4.29. The van der Waals surface area contributed by atoms with Crippen LogP contribution < -0.4 is 19.3 Å². The lowest BCUT2D eigenvalue weighted by molar-refractivity contribution is -0.132. The van der Waals surface area contributed by atoms with E-state index in [2.05, 4.69) is 0 Å². The number of benzene rings is 3. The van der Waals surface area contributed by atoms with Crippen molar-refractivity contribution in [2.75, 3.05) is 37.1 Å². The third-order valence-corrected chi connectivity index (χ3v) is 6.01. The number of amides is 1. The molecule has 0 aliphatic carbocycles. The molecule has 4 rings (SSSR count). The van der Waals surface area contributed by atoms with Crippen LogP contribution in [0.5, 0.6) is 11.5 Å². The second-order valence-electron chi connectivity index (χ2n) is 8.54. The summed E-state index contributed by atoms with van der Waals surface area (Å²) in [6, 6.07) is 20.6. The second kappa shape index (κ2) is 10.6. The Bertz CT molecular complexity index is 1280. The molecule has 0 saturated carbocycles. The minimum atomic E-state index is -0.818. The number of hydrogen-bond donors (Lipinski definition) is 1. The van der Waals surface area contributed by atoms with Crippen LogP contribution in [-0.4, -0.2) is 44.1 Å². The molecule has 1 N–H and O–H groups in total. The molecule has 1 atom stereocenters. The standard InChI is InChI=1S/C29H30N2O5/c1-5-35-23-16-10-19(11-17-23)26-25(27(32)20-8-7-9-24(18-20)36-6-2)28(33)29(34)31(26)22-14-12-21(13-15-22)30(3)4/h7-18,26,32H,5-6H2,1-4H3/b27-25+. The van der Waals surface area contributed by atoms with Gasteiger partial charge in [-0.15, -0.1) is 0 Å². The van der Waals surface area contributed by atoms with Gasteiger partial charge in [-0.2, -0.15) is 0 Å². The predicted molar refractivity (Wildman–Crippen MR) is 141 cm³/mol. The van der Waals surface area contributed by atoms with Gasteiger partial charge in [-0.3, -0.25) is 14.5 Å². The molecule has 1 aliphatic rings. The lowest BCUT2D eigenvalue weighted by Gasteiger charge is -2.26. The van der Waals surface area contributed by atoms with E-state index in [0.29, 0.717) is 41.5 Å². The van der Waals surface area contributed by atoms with Gasteiger partial charge in [0.1, 0.15) is 17.3 Å². The predicted octanol–water partition coefficient (Wildman–Crippen LogP) is 5.18. The highest BCUT2D eigenvalue weighted by Crippen LogP contribution is 2.43. The Labute approximate surface area is 211 Å². The van der Waals surface area contributed by atoms with E-state index >= 15 is 0 Å². The second-order valence-corrected chi connectivity index (χ2v) is 8.54. The van der Waals surface area contributed by atoms with Gasteiger partial charge >= 0.3 is 0 Å². The van der Waals surface area contributed by atoms with Crippen molar-refractivity contribution >= 4 is 28.8 Å². The highest BCUT2D eigenvalue weighted by molar-refractivity contribution is 6.51. The molecule has 1 unspecified atom stereocenters. The van der Waals surface area contributed by atoms with E-state index in [1.165, 1.54) is 4.90 Å². The van der Waals surface area contributed by atoms with Crippen molar-refractivity contribution in [2.24, 2.45) is 0 Å². The number of nitrogens with zero attached hydrogens (tertiary/aromatic N) is 2. The Morgan fingerprint density at radius 2 is 1.53 bits per heavy atom. The fourth-order valence-corrected chi connectivity index (χ4v) is 4.29. The van der Waals surface area contributed by atoms with Gasteiger partial charge in [0.25, 0.3) is 11.7 Å². The van der Waals surface area contributed by atoms with Gasteiger partial charge in [0.05, 0.1) is 24.8 Å². The van der Waals surface area contributed by atoms with Crippen LogP contribution in [-0.2, 0) is 9.59 Å². The molecule has 3 aromatic carbocycles. The molecule has 1 heterocycles. The van der Waals surface area contributed by atoms with E-state index in [-0.39, 0.29) is 11.3 Å². The van der Waals surface area contributed by atoms with Crippen LogP contribution >= 0.6 is 0 Å². The van der Waals surface area contributed by atoms with Crippen molar-refractivity contribution < 1.29 is 24.2 Å². The number of aliphatic hydroxyl groups is 1. The molecule has 7 heteroatoms. The molecular formula is C29H30N2O5. The Morgan fingerprint density at radius 1 is 0.889 bits per heavy atom. The number of carbonyl (C=O) groups excluding carboxylic acids is 2. The summed E-state index contributed by atoms with van der Waals surface area (Å²) >= 11 is 0. The largest absolute Gasteiger partial charge is 0.507 e. The molecule has 0 spiro atoms. The van der Waals surface area contributed by atoms with Crippen molar-refractivity contribution in [3.05, 3.63) is 89.5 Å². The number of carbonyl (C=O) groups is 2.